The van der Waals surface area contributed by atoms with Gasteiger partial charge in [0.25, 0.3) is 0 Å². The van der Waals surface area contributed by atoms with E-state index < -0.39 is 11.2 Å². The van der Waals surface area contributed by atoms with Crippen molar-refractivity contribution in [3.8, 4) is 21.8 Å². The first-order valence-corrected chi connectivity index (χ1v) is 11.2. The van der Waals surface area contributed by atoms with Gasteiger partial charge in [0.2, 0.25) is 0 Å². The van der Waals surface area contributed by atoms with Crippen LogP contribution in [-0.4, -0.2) is 38.8 Å². The van der Waals surface area contributed by atoms with E-state index in [1.807, 2.05) is 6.07 Å². The molecule has 0 amide bonds. The zero-order chi connectivity index (χ0) is 18.8. The van der Waals surface area contributed by atoms with E-state index in [4.69, 9.17) is 4.98 Å². The molecule has 27 heavy (non-hydrogen) atoms. The third-order valence-electron chi connectivity index (χ3n) is 4.46. The van der Waals surface area contributed by atoms with Crippen molar-refractivity contribution in [1.29, 1.82) is 0 Å². The number of anilines is 1. The number of halogens is 1. The smallest absolute Gasteiger partial charge is 0.342 e. The summed E-state index contributed by atoms with van der Waals surface area (Å²) in [5.74, 6) is -0.302. The predicted molar refractivity (Wildman–Crippen MR) is 107 cm³/mol. The van der Waals surface area contributed by atoms with Gasteiger partial charge in [-0.1, -0.05) is 23.5 Å². The van der Waals surface area contributed by atoms with E-state index in [9.17, 15) is 8.94 Å². The van der Waals surface area contributed by atoms with E-state index >= 15 is 0 Å². The molecule has 3 heterocycles. The highest BCUT2D eigenvalue weighted by Crippen LogP contribution is 2.40. The van der Waals surface area contributed by atoms with Gasteiger partial charge in [-0.3, -0.25) is 0 Å². The van der Waals surface area contributed by atoms with Gasteiger partial charge in [-0.2, -0.15) is 9.97 Å². The zero-order valence-electron chi connectivity index (χ0n) is 14.9. The molecule has 140 valence electrons. The maximum Gasteiger partial charge on any atom is 0.342 e. The SMILES string of the molecule is C[S+]([O-])c1nccc(-c2sc(N3CCCCC3)nc2-c2cccc(F)c2)n1. The van der Waals surface area contributed by atoms with Gasteiger partial charge in [-0.25, -0.2) is 9.37 Å². The lowest BCUT2D eigenvalue weighted by molar-refractivity contribution is 0.577. The van der Waals surface area contributed by atoms with Crippen molar-refractivity contribution < 1.29 is 8.94 Å². The van der Waals surface area contributed by atoms with Gasteiger partial charge >= 0.3 is 5.16 Å². The van der Waals surface area contributed by atoms with Crippen LogP contribution in [0, 0.1) is 5.82 Å². The molecule has 1 aromatic carbocycles. The molecule has 0 radical (unpaired) electrons. The summed E-state index contributed by atoms with van der Waals surface area (Å²) >= 11 is 0.270. The standard InChI is InChI=1S/C19H19FN4OS2/c1-27(25)18-21-9-8-15(22-18)17-16(13-6-5-7-14(20)12-13)23-19(26-17)24-10-3-2-4-11-24/h5-9,12H,2-4,10-11H2,1H3. The number of aromatic nitrogens is 3. The second kappa shape index (κ2) is 7.92. The third kappa shape index (κ3) is 3.97. The van der Waals surface area contributed by atoms with Gasteiger partial charge < -0.3 is 9.45 Å². The van der Waals surface area contributed by atoms with Crippen molar-refractivity contribution in [2.75, 3.05) is 24.2 Å². The average Bonchev–Trinajstić information content (AvgIpc) is 3.14. The second-order valence-electron chi connectivity index (χ2n) is 6.41. The molecular weight excluding hydrogens is 383 g/mol. The maximum absolute atomic E-state index is 13.8. The van der Waals surface area contributed by atoms with Crippen LogP contribution >= 0.6 is 11.3 Å². The highest BCUT2D eigenvalue weighted by Gasteiger charge is 2.22. The van der Waals surface area contributed by atoms with E-state index in [-0.39, 0.29) is 11.0 Å². The Morgan fingerprint density at radius 2 is 1.96 bits per heavy atom. The van der Waals surface area contributed by atoms with Gasteiger partial charge in [0, 0.05) is 36.0 Å². The van der Waals surface area contributed by atoms with Crippen LogP contribution in [-0.2, 0) is 11.2 Å². The minimum absolute atomic E-state index is 0.283. The average molecular weight is 403 g/mol. The van der Waals surface area contributed by atoms with Crippen LogP contribution in [0.25, 0.3) is 21.8 Å². The normalized spacial score (nSPS) is 15.7. The number of rotatable bonds is 4. The highest BCUT2D eigenvalue weighted by molar-refractivity contribution is 7.90. The molecule has 0 spiro atoms. The molecule has 1 fully saturated rings. The summed E-state index contributed by atoms with van der Waals surface area (Å²) in [5.41, 5.74) is 2.07. The number of piperidine rings is 1. The van der Waals surface area contributed by atoms with Crippen LogP contribution in [0.4, 0.5) is 9.52 Å². The van der Waals surface area contributed by atoms with Crippen LogP contribution in [0.3, 0.4) is 0 Å². The molecule has 0 N–H and O–H groups in total. The van der Waals surface area contributed by atoms with Crippen LogP contribution < -0.4 is 4.90 Å². The van der Waals surface area contributed by atoms with Crippen molar-refractivity contribution in [3.05, 3.63) is 42.3 Å². The Morgan fingerprint density at radius 3 is 2.70 bits per heavy atom. The lowest BCUT2D eigenvalue weighted by atomic mass is 10.1. The Hall–Kier alpha value is -2.03. The van der Waals surface area contributed by atoms with E-state index in [0.717, 1.165) is 35.9 Å². The van der Waals surface area contributed by atoms with Gasteiger partial charge in [0.1, 0.15) is 12.1 Å². The summed E-state index contributed by atoms with van der Waals surface area (Å²) in [6, 6.07) is 8.22. The van der Waals surface area contributed by atoms with Gasteiger partial charge in [0.15, 0.2) is 5.13 Å². The Balaban J connectivity index is 1.83. The lowest BCUT2D eigenvalue weighted by Crippen LogP contribution is -2.29. The molecule has 1 unspecified atom stereocenters. The number of hydrogen-bond acceptors (Lipinski definition) is 6. The fraction of sp³-hybridized carbons (Fsp3) is 0.316. The zero-order valence-corrected chi connectivity index (χ0v) is 16.5. The highest BCUT2D eigenvalue weighted by atomic mass is 32.2. The molecule has 3 aromatic rings. The summed E-state index contributed by atoms with van der Waals surface area (Å²) in [6.07, 6.45) is 6.70. The largest absolute Gasteiger partial charge is 0.609 e. The topological polar surface area (TPSA) is 65.0 Å². The number of nitrogens with zero attached hydrogens (tertiary/aromatic N) is 4. The number of benzene rings is 1. The Labute approximate surface area is 164 Å². The second-order valence-corrected chi connectivity index (χ2v) is 8.66. The molecule has 1 atom stereocenters. The maximum atomic E-state index is 13.8. The number of hydrogen-bond donors (Lipinski definition) is 0. The van der Waals surface area contributed by atoms with Gasteiger partial charge in [-0.15, -0.1) is 0 Å². The molecular formula is C19H19FN4OS2. The first-order chi connectivity index (χ1) is 13.1. The number of thiazole rings is 1. The fourth-order valence-electron chi connectivity index (χ4n) is 3.14. The van der Waals surface area contributed by atoms with E-state index in [0.29, 0.717) is 17.0 Å². The molecule has 1 aliphatic heterocycles. The lowest BCUT2D eigenvalue weighted by Gasteiger charge is -2.25. The summed E-state index contributed by atoms with van der Waals surface area (Å²) in [6.45, 7) is 1.95. The minimum atomic E-state index is -1.27. The van der Waals surface area contributed by atoms with Crippen molar-refractivity contribution in [2.45, 2.75) is 24.4 Å². The molecule has 1 saturated heterocycles. The van der Waals surface area contributed by atoms with E-state index in [1.54, 1.807) is 35.9 Å². The molecule has 8 heteroatoms. The van der Waals surface area contributed by atoms with Gasteiger partial charge in [0.05, 0.1) is 16.3 Å². The van der Waals surface area contributed by atoms with E-state index in [1.165, 1.54) is 18.6 Å². The van der Waals surface area contributed by atoms with Gasteiger partial charge in [-0.05, 0) is 37.5 Å². The Kier molecular flexibility index (Phi) is 5.38. The summed E-state index contributed by atoms with van der Waals surface area (Å²) in [5, 5.41) is 1.20. The molecule has 0 aliphatic carbocycles. The third-order valence-corrected chi connectivity index (χ3v) is 6.31. The first-order valence-electron chi connectivity index (χ1n) is 8.80. The molecule has 1 aliphatic rings. The summed E-state index contributed by atoms with van der Waals surface area (Å²) < 4.78 is 25.6. The van der Waals surface area contributed by atoms with E-state index in [2.05, 4.69) is 14.9 Å². The summed E-state index contributed by atoms with van der Waals surface area (Å²) in [4.78, 5) is 16.5. The molecule has 4 rings (SSSR count). The van der Waals surface area contributed by atoms with Crippen LogP contribution in [0.2, 0.25) is 0 Å². The monoisotopic (exact) mass is 402 g/mol. The van der Waals surface area contributed by atoms with Crippen LogP contribution in [0.15, 0.2) is 41.7 Å². The van der Waals surface area contributed by atoms with Crippen molar-refractivity contribution in [3.63, 3.8) is 0 Å². The molecule has 0 bridgehead atoms. The van der Waals surface area contributed by atoms with Crippen LogP contribution in [0.5, 0.6) is 0 Å². The van der Waals surface area contributed by atoms with Crippen LogP contribution in [0.1, 0.15) is 19.3 Å². The first kappa shape index (κ1) is 18.3. The Bertz CT molecular complexity index is 941. The quantitative estimate of drug-likeness (QED) is 0.485. The molecule has 5 nitrogen and oxygen atoms in total. The van der Waals surface area contributed by atoms with Crippen molar-refractivity contribution in [2.24, 2.45) is 0 Å². The molecule has 0 saturated carbocycles. The van der Waals surface area contributed by atoms with Crippen molar-refractivity contribution in [1.82, 2.24) is 15.0 Å². The van der Waals surface area contributed by atoms with Crippen molar-refractivity contribution >= 4 is 27.6 Å². The summed E-state index contributed by atoms with van der Waals surface area (Å²) in [7, 11) is 0. The molecule has 2 aromatic heterocycles. The Morgan fingerprint density at radius 1 is 1.15 bits per heavy atom. The fourth-order valence-corrected chi connectivity index (χ4v) is 4.69. The minimum Gasteiger partial charge on any atom is -0.609 e. The predicted octanol–water partition coefficient (Wildman–Crippen LogP) is 4.13.